The van der Waals surface area contributed by atoms with Crippen LogP contribution in [0.1, 0.15) is 0 Å². The van der Waals surface area contributed by atoms with Gasteiger partial charge in [-0.1, -0.05) is 18.2 Å². The van der Waals surface area contributed by atoms with E-state index in [1.165, 1.54) is 5.39 Å². The Labute approximate surface area is 120 Å². The van der Waals surface area contributed by atoms with Crippen LogP contribution >= 0.6 is 0 Å². The van der Waals surface area contributed by atoms with Crippen LogP contribution in [0.3, 0.4) is 0 Å². The van der Waals surface area contributed by atoms with E-state index in [2.05, 4.69) is 34.2 Å². The van der Waals surface area contributed by atoms with Crippen LogP contribution in [-0.4, -0.2) is 16.8 Å². The van der Waals surface area contributed by atoms with Gasteiger partial charge >= 0.3 is 0 Å². The Morgan fingerprint density at radius 3 is 2.29 bits per heavy atom. The number of aromatic amines is 2. The van der Waals surface area contributed by atoms with Crippen molar-refractivity contribution in [2.75, 3.05) is 6.79 Å². The molecule has 2 aromatic heterocycles. The SMILES string of the molecule is c1ccc2[nH]c(-c3cc4cc5c(cc4[nH]3)OCO5)cc2c1. The highest BCUT2D eigenvalue weighted by Gasteiger charge is 2.16. The Morgan fingerprint density at radius 2 is 1.43 bits per heavy atom. The van der Waals surface area contributed by atoms with Crippen molar-refractivity contribution < 1.29 is 9.47 Å². The first-order chi connectivity index (χ1) is 10.4. The minimum Gasteiger partial charge on any atom is -0.454 e. The number of hydrogen-bond acceptors (Lipinski definition) is 2. The molecule has 3 heterocycles. The largest absolute Gasteiger partial charge is 0.454 e. The summed E-state index contributed by atoms with van der Waals surface area (Å²) < 4.78 is 10.8. The van der Waals surface area contributed by atoms with Crippen LogP contribution < -0.4 is 9.47 Å². The van der Waals surface area contributed by atoms with E-state index in [1.54, 1.807) is 0 Å². The van der Waals surface area contributed by atoms with Gasteiger partial charge in [-0.05, 0) is 24.3 Å². The lowest BCUT2D eigenvalue weighted by atomic mass is 10.2. The number of fused-ring (bicyclic) bond motifs is 3. The van der Waals surface area contributed by atoms with Crippen molar-refractivity contribution in [3.05, 3.63) is 48.5 Å². The smallest absolute Gasteiger partial charge is 0.231 e. The number of rotatable bonds is 1. The molecule has 0 spiro atoms. The molecule has 0 saturated carbocycles. The monoisotopic (exact) mass is 276 g/mol. The van der Waals surface area contributed by atoms with Crippen LogP contribution in [0.2, 0.25) is 0 Å². The number of H-pyrrole nitrogens is 2. The highest BCUT2D eigenvalue weighted by Crippen LogP contribution is 2.37. The maximum Gasteiger partial charge on any atom is 0.231 e. The number of benzene rings is 2. The van der Waals surface area contributed by atoms with Crippen molar-refractivity contribution in [1.29, 1.82) is 0 Å². The Morgan fingerprint density at radius 1 is 0.714 bits per heavy atom. The molecule has 0 bridgehead atoms. The highest BCUT2D eigenvalue weighted by atomic mass is 16.7. The molecule has 0 atom stereocenters. The number of hydrogen-bond donors (Lipinski definition) is 2. The van der Waals surface area contributed by atoms with Crippen LogP contribution in [0.15, 0.2) is 48.5 Å². The van der Waals surface area contributed by atoms with Crippen molar-refractivity contribution in [3.8, 4) is 22.9 Å². The summed E-state index contributed by atoms with van der Waals surface area (Å²) in [5, 5.41) is 2.33. The number of aromatic nitrogens is 2. The van der Waals surface area contributed by atoms with E-state index >= 15 is 0 Å². The summed E-state index contributed by atoms with van der Waals surface area (Å²) >= 11 is 0. The molecule has 21 heavy (non-hydrogen) atoms. The van der Waals surface area contributed by atoms with Crippen molar-refractivity contribution >= 4 is 21.8 Å². The fourth-order valence-corrected chi connectivity index (χ4v) is 2.89. The Kier molecular flexibility index (Phi) is 1.98. The summed E-state index contributed by atoms with van der Waals surface area (Å²) in [5.41, 5.74) is 4.33. The van der Waals surface area contributed by atoms with Gasteiger partial charge in [0.1, 0.15) is 0 Å². The van der Waals surface area contributed by atoms with E-state index in [4.69, 9.17) is 9.47 Å². The summed E-state index contributed by atoms with van der Waals surface area (Å²) in [6.45, 7) is 0.302. The van der Waals surface area contributed by atoms with Gasteiger partial charge in [0, 0.05) is 27.9 Å². The van der Waals surface area contributed by atoms with E-state index in [-0.39, 0.29) is 0 Å². The molecule has 2 aromatic carbocycles. The molecule has 0 saturated heterocycles. The highest BCUT2D eigenvalue weighted by molar-refractivity contribution is 5.91. The summed E-state index contributed by atoms with van der Waals surface area (Å²) in [7, 11) is 0. The fourth-order valence-electron chi connectivity index (χ4n) is 2.89. The van der Waals surface area contributed by atoms with Gasteiger partial charge in [0.05, 0.1) is 11.4 Å². The van der Waals surface area contributed by atoms with Gasteiger partial charge in [-0.2, -0.15) is 0 Å². The molecule has 4 aromatic rings. The van der Waals surface area contributed by atoms with Gasteiger partial charge in [0.25, 0.3) is 0 Å². The molecule has 4 nitrogen and oxygen atoms in total. The average molecular weight is 276 g/mol. The molecule has 0 amide bonds. The molecule has 0 fully saturated rings. The van der Waals surface area contributed by atoms with Crippen LogP contribution in [0.25, 0.3) is 33.2 Å². The minimum absolute atomic E-state index is 0.302. The predicted molar refractivity (Wildman–Crippen MR) is 81.7 cm³/mol. The van der Waals surface area contributed by atoms with Gasteiger partial charge in [0.2, 0.25) is 6.79 Å². The Hall–Kier alpha value is -2.88. The first kappa shape index (κ1) is 10.9. The normalized spacial score (nSPS) is 13.3. The lowest BCUT2D eigenvalue weighted by Crippen LogP contribution is -1.92. The van der Waals surface area contributed by atoms with Gasteiger partial charge in [-0.15, -0.1) is 0 Å². The van der Waals surface area contributed by atoms with Gasteiger partial charge in [-0.3, -0.25) is 0 Å². The summed E-state index contributed by atoms with van der Waals surface area (Å²) in [4.78, 5) is 6.87. The lowest BCUT2D eigenvalue weighted by molar-refractivity contribution is 0.174. The molecule has 2 N–H and O–H groups in total. The molecule has 0 aliphatic carbocycles. The second kappa shape index (κ2) is 3.82. The number of nitrogens with one attached hydrogen (secondary N) is 2. The van der Waals surface area contributed by atoms with E-state index < -0.39 is 0 Å². The second-order valence-electron chi connectivity index (χ2n) is 5.25. The topological polar surface area (TPSA) is 50.0 Å². The summed E-state index contributed by atoms with van der Waals surface area (Å²) in [6.07, 6.45) is 0. The molecular formula is C17H12N2O2. The Bertz CT molecular complexity index is 907. The Balaban J connectivity index is 1.70. The van der Waals surface area contributed by atoms with E-state index in [0.29, 0.717) is 6.79 Å². The lowest BCUT2D eigenvalue weighted by Gasteiger charge is -1.94. The van der Waals surface area contributed by atoms with Crippen LogP contribution in [0, 0.1) is 0 Å². The summed E-state index contributed by atoms with van der Waals surface area (Å²) in [6, 6.07) is 16.6. The van der Waals surface area contributed by atoms with Gasteiger partial charge < -0.3 is 19.4 Å². The number of para-hydroxylation sites is 1. The quantitative estimate of drug-likeness (QED) is 0.551. The van der Waals surface area contributed by atoms with Gasteiger partial charge in [0.15, 0.2) is 11.5 Å². The third-order valence-corrected chi connectivity index (χ3v) is 3.93. The molecule has 1 aliphatic rings. The third-order valence-electron chi connectivity index (χ3n) is 3.93. The van der Waals surface area contributed by atoms with Crippen molar-refractivity contribution in [3.63, 3.8) is 0 Å². The average Bonchev–Trinajstić information content (AvgIpc) is 3.20. The van der Waals surface area contributed by atoms with E-state index in [0.717, 1.165) is 39.3 Å². The maximum atomic E-state index is 5.43. The maximum absolute atomic E-state index is 5.43. The minimum atomic E-state index is 0.302. The first-order valence-corrected chi connectivity index (χ1v) is 6.87. The second-order valence-corrected chi connectivity index (χ2v) is 5.25. The number of ether oxygens (including phenoxy) is 2. The van der Waals surface area contributed by atoms with Crippen LogP contribution in [-0.2, 0) is 0 Å². The molecule has 0 radical (unpaired) electrons. The zero-order valence-electron chi connectivity index (χ0n) is 11.1. The van der Waals surface area contributed by atoms with Gasteiger partial charge in [-0.25, -0.2) is 0 Å². The molecule has 102 valence electrons. The van der Waals surface area contributed by atoms with Crippen LogP contribution in [0.4, 0.5) is 0 Å². The van der Waals surface area contributed by atoms with E-state index in [1.807, 2.05) is 24.3 Å². The molecule has 4 heteroatoms. The van der Waals surface area contributed by atoms with Crippen molar-refractivity contribution in [1.82, 2.24) is 9.97 Å². The zero-order chi connectivity index (χ0) is 13.8. The third kappa shape index (κ3) is 1.56. The zero-order valence-corrected chi connectivity index (χ0v) is 11.1. The van der Waals surface area contributed by atoms with Crippen molar-refractivity contribution in [2.45, 2.75) is 0 Å². The molecule has 5 rings (SSSR count). The molecule has 1 aliphatic heterocycles. The van der Waals surface area contributed by atoms with E-state index in [9.17, 15) is 0 Å². The van der Waals surface area contributed by atoms with Crippen molar-refractivity contribution in [2.24, 2.45) is 0 Å². The fraction of sp³-hybridized carbons (Fsp3) is 0.0588. The molecular weight excluding hydrogens is 264 g/mol. The van der Waals surface area contributed by atoms with Crippen LogP contribution in [0.5, 0.6) is 11.5 Å². The summed E-state index contributed by atoms with van der Waals surface area (Å²) in [5.74, 6) is 1.61. The predicted octanol–water partition coefficient (Wildman–Crippen LogP) is 4.04. The first-order valence-electron chi connectivity index (χ1n) is 6.87. The molecule has 0 unspecified atom stereocenters. The standard InChI is InChI=1S/C17H12N2O2/c1-2-4-12-10(3-1)5-14(18-12)15-6-11-7-16-17(21-9-20-16)8-13(11)19-15/h1-8,18-19H,9H2.